The fraction of sp³-hybridized carbons (Fsp3) is 0.500. The van der Waals surface area contributed by atoms with Crippen LogP contribution in [0, 0.1) is 0 Å². The molecule has 152 valence electrons. The van der Waals surface area contributed by atoms with Crippen LogP contribution in [0.4, 0.5) is 18.9 Å². The smallest absolute Gasteiger partial charge is 0.354 e. The van der Waals surface area contributed by atoms with Crippen molar-refractivity contribution in [2.45, 2.75) is 37.9 Å². The number of nitrogens with zero attached hydrogens (tertiary/aromatic N) is 4. The lowest BCUT2D eigenvalue weighted by atomic mass is 10.2. The zero-order chi connectivity index (χ0) is 20.6. The van der Waals surface area contributed by atoms with E-state index < -0.39 is 28.7 Å². The van der Waals surface area contributed by atoms with Gasteiger partial charge in [0, 0.05) is 32.6 Å². The van der Waals surface area contributed by atoms with Gasteiger partial charge in [-0.3, -0.25) is 19.0 Å². The molecule has 8 nitrogen and oxygen atoms in total. The van der Waals surface area contributed by atoms with Crippen molar-refractivity contribution < 1.29 is 22.8 Å². The van der Waals surface area contributed by atoms with Crippen LogP contribution in [0.15, 0.2) is 6.20 Å². The predicted octanol–water partition coefficient (Wildman–Crippen LogP) is 2.55. The number of hydrogen-bond acceptors (Lipinski definition) is 4. The summed E-state index contributed by atoms with van der Waals surface area (Å²) in [6.07, 6.45) is -1.87. The maximum atomic E-state index is 13.1. The minimum absolute atomic E-state index is 0.0403. The Labute approximate surface area is 163 Å². The van der Waals surface area contributed by atoms with E-state index in [-0.39, 0.29) is 30.3 Å². The van der Waals surface area contributed by atoms with Gasteiger partial charge in [0.15, 0.2) is 11.4 Å². The van der Waals surface area contributed by atoms with Crippen molar-refractivity contribution in [1.29, 1.82) is 0 Å². The maximum absolute atomic E-state index is 13.1. The molecule has 2 aromatic heterocycles. The molecular weight excluding hydrogens is 401 g/mol. The van der Waals surface area contributed by atoms with Crippen LogP contribution in [0.3, 0.4) is 0 Å². The highest BCUT2D eigenvalue weighted by atomic mass is 35.5. The molecule has 2 aromatic rings. The number of hydrogen-bond donors (Lipinski definition) is 2. The second-order valence-electron chi connectivity index (χ2n) is 6.49. The molecular formula is C16H18ClF3N6O2. The zero-order valence-corrected chi connectivity index (χ0v) is 15.9. The average molecular weight is 419 g/mol. The quantitative estimate of drug-likeness (QED) is 0.753. The third-order valence-electron chi connectivity index (χ3n) is 4.26. The van der Waals surface area contributed by atoms with Gasteiger partial charge < -0.3 is 10.6 Å². The van der Waals surface area contributed by atoms with Crippen LogP contribution in [-0.4, -0.2) is 38.4 Å². The first-order chi connectivity index (χ1) is 13.1. The normalized spacial score (nSPS) is 14.2. The number of anilines is 1. The van der Waals surface area contributed by atoms with Gasteiger partial charge in [0.2, 0.25) is 5.91 Å². The lowest BCUT2D eigenvalue weighted by molar-refractivity contribution is -0.141. The van der Waals surface area contributed by atoms with Crippen molar-refractivity contribution in [3.63, 3.8) is 0 Å². The number of rotatable bonds is 6. The standard InChI is InChI=1S/C16H18ClF3N6O2/c1-21-15(28)12-9(7-25(2)23-12)22-10(27)5-6-26-13(8-3-4-8)11(17)14(24-26)16(18,19)20/h7-8H,3-6H2,1-2H3,(H,21,28)(H,22,27). The molecule has 1 fully saturated rings. The topological polar surface area (TPSA) is 93.8 Å². The van der Waals surface area contributed by atoms with Crippen LogP contribution in [0.5, 0.6) is 0 Å². The van der Waals surface area contributed by atoms with Crippen molar-refractivity contribution in [2.24, 2.45) is 7.05 Å². The Bertz CT molecular complexity index is 916. The Morgan fingerprint density at radius 1 is 1.32 bits per heavy atom. The molecule has 3 rings (SSSR count). The molecule has 28 heavy (non-hydrogen) atoms. The molecule has 0 atom stereocenters. The number of carbonyl (C=O) groups excluding carboxylic acids is 2. The van der Waals surface area contributed by atoms with Crippen LogP contribution in [-0.2, 0) is 24.6 Å². The van der Waals surface area contributed by atoms with Gasteiger partial charge in [-0.05, 0) is 12.8 Å². The molecule has 2 amide bonds. The second-order valence-corrected chi connectivity index (χ2v) is 6.86. The molecule has 1 aliphatic rings. The molecule has 0 bridgehead atoms. The monoisotopic (exact) mass is 418 g/mol. The van der Waals surface area contributed by atoms with Crippen molar-refractivity contribution in [3.05, 3.63) is 28.3 Å². The van der Waals surface area contributed by atoms with Gasteiger partial charge in [-0.2, -0.15) is 23.4 Å². The van der Waals surface area contributed by atoms with Crippen LogP contribution >= 0.6 is 11.6 Å². The summed E-state index contributed by atoms with van der Waals surface area (Å²) in [6.45, 7) is -0.0664. The number of aryl methyl sites for hydroxylation is 2. The maximum Gasteiger partial charge on any atom is 0.436 e. The molecule has 2 heterocycles. The highest BCUT2D eigenvalue weighted by Crippen LogP contribution is 2.46. The molecule has 0 radical (unpaired) electrons. The Morgan fingerprint density at radius 3 is 2.57 bits per heavy atom. The molecule has 2 N–H and O–H groups in total. The van der Waals surface area contributed by atoms with Gasteiger partial charge in [0.05, 0.1) is 22.9 Å². The molecule has 0 aliphatic heterocycles. The molecule has 1 aliphatic carbocycles. The van der Waals surface area contributed by atoms with E-state index in [4.69, 9.17) is 11.6 Å². The summed E-state index contributed by atoms with van der Waals surface area (Å²) in [5.74, 6) is -1.03. The lowest BCUT2D eigenvalue weighted by Gasteiger charge is -2.08. The minimum Gasteiger partial charge on any atom is -0.354 e. The van der Waals surface area contributed by atoms with Crippen molar-refractivity contribution in [3.8, 4) is 0 Å². The van der Waals surface area contributed by atoms with Crippen LogP contribution in [0.1, 0.15) is 47.1 Å². The number of carbonyl (C=O) groups is 2. The molecule has 12 heteroatoms. The summed E-state index contributed by atoms with van der Waals surface area (Å²) in [5, 5.41) is 12.1. The Hall–Kier alpha value is -2.56. The van der Waals surface area contributed by atoms with E-state index >= 15 is 0 Å². The Morgan fingerprint density at radius 2 is 2.00 bits per heavy atom. The van der Waals surface area contributed by atoms with E-state index in [0.717, 1.165) is 17.5 Å². The van der Waals surface area contributed by atoms with Crippen molar-refractivity contribution >= 4 is 29.1 Å². The fourth-order valence-electron chi connectivity index (χ4n) is 2.84. The second kappa shape index (κ2) is 7.46. The molecule has 0 unspecified atom stereocenters. The van der Waals surface area contributed by atoms with Crippen LogP contribution < -0.4 is 10.6 Å². The number of amides is 2. The first-order valence-corrected chi connectivity index (χ1v) is 8.88. The summed E-state index contributed by atoms with van der Waals surface area (Å²) < 4.78 is 41.8. The van der Waals surface area contributed by atoms with Gasteiger partial charge >= 0.3 is 6.18 Å². The van der Waals surface area contributed by atoms with Gasteiger partial charge in [0.25, 0.3) is 5.91 Å². The summed E-state index contributed by atoms with van der Waals surface area (Å²) in [7, 11) is 3.02. The summed E-state index contributed by atoms with van der Waals surface area (Å²) in [4.78, 5) is 24.1. The summed E-state index contributed by atoms with van der Waals surface area (Å²) in [5.41, 5.74) is -0.567. The van der Waals surface area contributed by atoms with E-state index in [1.165, 1.54) is 17.9 Å². The molecule has 0 saturated heterocycles. The third kappa shape index (κ3) is 4.13. The van der Waals surface area contributed by atoms with Crippen molar-refractivity contribution in [2.75, 3.05) is 12.4 Å². The van der Waals surface area contributed by atoms with Crippen molar-refractivity contribution in [1.82, 2.24) is 24.9 Å². The highest BCUT2D eigenvalue weighted by molar-refractivity contribution is 6.32. The molecule has 0 spiro atoms. The first kappa shape index (κ1) is 20.2. The first-order valence-electron chi connectivity index (χ1n) is 8.50. The number of nitrogens with one attached hydrogen (secondary N) is 2. The van der Waals surface area contributed by atoms with E-state index in [1.807, 2.05) is 0 Å². The SMILES string of the molecule is CNC(=O)c1nn(C)cc1NC(=O)CCn1nc(C(F)(F)F)c(Cl)c1C1CC1. The van der Waals surface area contributed by atoms with Crippen LogP contribution in [0.2, 0.25) is 5.02 Å². The van der Waals surface area contributed by atoms with Crippen LogP contribution in [0.25, 0.3) is 0 Å². The Balaban J connectivity index is 1.73. The molecule has 0 aromatic carbocycles. The van der Waals surface area contributed by atoms with Gasteiger partial charge in [0.1, 0.15) is 0 Å². The Kier molecular flexibility index (Phi) is 5.37. The van der Waals surface area contributed by atoms with Gasteiger partial charge in [-0.15, -0.1) is 0 Å². The fourth-order valence-corrected chi connectivity index (χ4v) is 3.23. The van der Waals surface area contributed by atoms with Gasteiger partial charge in [-0.1, -0.05) is 11.6 Å². The predicted molar refractivity (Wildman–Crippen MR) is 94.1 cm³/mol. The van der Waals surface area contributed by atoms with Gasteiger partial charge in [-0.25, -0.2) is 0 Å². The average Bonchev–Trinajstić information content (AvgIpc) is 3.29. The zero-order valence-electron chi connectivity index (χ0n) is 15.1. The number of alkyl halides is 3. The minimum atomic E-state index is -4.66. The highest BCUT2D eigenvalue weighted by Gasteiger charge is 2.42. The molecule has 1 saturated carbocycles. The van der Waals surface area contributed by atoms with E-state index in [2.05, 4.69) is 20.8 Å². The lowest BCUT2D eigenvalue weighted by Crippen LogP contribution is -2.22. The largest absolute Gasteiger partial charge is 0.436 e. The third-order valence-corrected chi connectivity index (χ3v) is 4.63. The summed E-state index contributed by atoms with van der Waals surface area (Å²) >= 11 is 5.91. The number of halogens is 4. The van der Waals surface area contributed by atoms with E-state index in [9.17, 15) is 22.8 Å². The van der Waals surface area contributed by atoms with E-state index in [1.54, 1.807) is 7.05 Å². The summed E-state index contributed by atoms with van der Waals surface area (Å²) in [6, 6.07) is 0. The van der Waals surface area contributed by atoms with E-state index in [0.29, 0.717) is 5.69 Å². The number of aromatic nitrogens is 4.